The van der Waals surface area contributed by atoms with Crippen molar-refractivity contribution in [1.29, 1.82) is 0 Å². The van der Waals surface area contributed by atoms with Gasteiger partial charge in [0.25, 0.3) is 0 Å². The van der Waals surface area contributed by atoms with Crippen molar-refractivity contribution in [3.63, 3.8) is 0 Å². The van der Waals surface area contributed by atoms with Gasteiger partial charge in [-0.1, -0.05) is 87.9 Å². The molecule has 6 aromatic carbocycles. The molecule has 9 atom stereocenters. The van der Waals surface area contributed by atoms with E-state index in [-0.39, 0.29) is 114 Å². The SMILES string of the molecule is CCCCCOc1ccc(S(=O)(=O)NCCCCCCNCc2c(O)cc3c(c2O)-c2cc(ccc2O)[C@H]2NC(=O)[C@@H]4NC(=O)[C@H](CC(N)=O)NC(=O)[C@H](NC(=O)[C@@H](CC(C)C)NC)[C@H](O)c5ccc(c(Cl)c5)Oc5cc4cc(c5O)Oc4ccc(cc4Cl)[C@@H](O)[C@H](NC2=O)C(=O)N[C@@H]3C(=O)NC2C3CC4CC(C3)CC2C4)cc1. The summed E-state index contributed by atoms with van der Waals surface area (Å²) < 4.78 is 47.3. The third kappa shape index (κ3) is 19.0. The van der Waals surface area contributed by atoms with E-state index in [4.69, 9.17) is 43.1 Å². The first-order valence-corrected chi connectivity index (χ1v) is 40.8. The van der Waals surface area contributed by atoms with Crippen LogP contribution in [-0.2, 0) is 54.9 Å². The molecule has 0 spiro atoms. The summed E-state index contributed by atoms with van der Waals surface area (Å²) in [4.78, 5) is 120. The molecule has 15 bridgehead atoms. The number of sulfonamides is 1. The van der Waals surface area contributed by atoms with Gasteiger partial charge in [0.05, 0.1) is 39.6 Å². The Kier molecular flexibility index (Phi) is 26.5. The molecular formula is C81H97Cl2N11O19S. The molecule has 15 rings (SSSR count). The third-order valence-corrected chi connectivity index (χ3v) is 24.3. The third-order valence-electron chi connectivity index (χ3n) is 22.2. The van der Waals surface area contributed by atoms with Crippen molar-refractivity contribution in [2.75, 3.05) is 26.7 Å². The molecule has 4 fully saturated rings. The number of primary amides is 1. The number of hydrogen-bond donors (Lipinski definition) is 17. The Labute approximate surface area is 669 Å². The number of aliphatic hydroxyl groups excluding tert-OH is 2. The molecule has 18 N–H and O–H groups in total. The fraction of sp³-hybridized carbons (Fsp3) is 0.457. The Morgan fingerprint density at radius 2 is 1.23 bits per heavy atom. The summed E-state index contributed by atoms with van der Waals surface area (Å²) in [6.45, 7) is 6.53. The molecule has 30 nitrogen and oxygen atoms in total. The number of phenols is 4. The number of unbranched alkanes of at least 4 members (excludes halogenated alkanes) is 5. The van der Waals surface area contributed by atoms with Gasteiger partial charge in [-0.05, 0) is 208 Å². The van der Waals surface area contributed by atoms with Gasteiger partial charge >= 0.3 is 0 Å². The lowest BCUT2D eigenvalue weighted by atomic mass is 9.54. The number of carbonyl (C=O) groups is 8. The van der Waals surface area contributed by atoms with Gasteiger partial charge < -0.3 is 98.4 Å². The van der Waals surface area contributed by atoms with Gasteiger partial charge in [-0.25, -0.2) is 13.1 Å². The first kappa shape index (κ1) is 83.4. The largest absolute Gasteiger partial charge is 0.507 e. The van der Waals surface area contributed by atoms with Crippen molar-refractivity contribution in [2.45, 2.75) is 183 Å². The average Bonchev–Trinajstić information content (AvgIpc) is 0.750. The molecule has 114 heavy (non-hydrogen) atoms. The predicted octanol–water partition coefficient (Wildman–Crippen LogP) is 7.45. The van der Waals surface area contributed by atoms with E-state index in [1.54, 1.807) is 12.1 Å². The second-order valence-electron chi connectivity index (χ2n) is 30.8. The van der Waals surface area contributed by atoms with E-state index >= 15 is 24.0 Å². The molecule has 0 saturated heterocycles. The molecule has 8 amide bonds. The van der Waals surface area contributed by atoms with Crippen LogP contribution in [0.4, 0.5) is 0 Å². The highest BCUT2D eigenvalue weighted by molar-refractivity contribution is 7.89. The molecule has 4 saturated carbocycles. The smallest absolute Gasteiger partial charge is 0.248 e. The van der Waals surface area contributed by atoms with Gasteiger partial charge in [0, 0.05) is 30.3 Å². The molecule has 33 heteroatoms. The van der Waals surface area contributed by atoms with Gasteiger partial charge in [-0.3, -0.25) is 38.4 Å². The number of benzene rings is 6. The predicted molar refractivity (Wildman–Crippen MR) is 418 cm³/mol. The Morgan fingerprint density at radius 1 is 0.623 bits per heavy atom. The van der Waals surface area contributed by atoms with Crippen molar-refractivity contribution in [3.05, 3.63) is 140 Å². The second kappa shape index (κ2) is 36.2. The topological polar surface area (TPSA) is 466 Å². The van der Waals surface area contributed by atoms with Gasteiger partial charge in [0.15, 0.2) is 11.5 Å². The summed E-state index contributed by atoms with van der Waals surface area (Å²) in [5.41, 5.74) is 3.87. The van der Waals surface area contributed by atoms with Crippen molar-refractivity contribution in [1.82, 2.24) is 52.6 Å². The summed E-state index contributed by atoms with van der Waals surface area (Å²) in [5.74, 6) is -11.8. The number of halogens is 2. The van der Waals surface area contributed by atoms with E-state index < -0.39 is 153 Å². The zero-order valence-electron chi connectivity index (χ0n) is 63.4. The maximum absolute atomic E-state index is 16.0. The van der Waals surface area contributed by atoms with Crippen LogP contribution in [0.1, 0.15) is 174 Å². The first-order valence-electron chi connectivity index (χ1n) is 38.6. The number of fused-ring (bicyclic) bond motifs is 15. The van der Waals surface area contributed by atoms with Gasteiger partial charge in [0.2, 0.25) is 63.0 Å². The summed E-state index contributed by atoms with van der Waals surface area (Å²) in [7, 11) is -2.30. The van der Waals surface area contributed by atoms with Crippen LogP contribution in [-0.4, -0.2) is 143 Å². The summed E-state index contributed by atoms with van der Waals surface area (Å²) in [6.07, 6.45) is 4.90. The van der Waals surface area contributed by atoms with Crippen LogP contribution in [0.25, 0.3) is 11.1 Å². The monoisotopic (exact) mass is 1630 g/mol. The van der Waals surface area contributed by atoms with Crippen LogP contribution in [0.2, 0.25) is 10.0 Å². The normalized spacial score (nSPS) is 24.2. The van der Waals surface area contributed by atoms with E-state index in [9.17, 15) is 53.4 Å². The fourth-order valence-corrected chi connectivity index (χ4v) is 18.0. The molecular weight excluding hydrogens is 1530 g/mol. The van der Waals surface area contributed by atoms with Crippen LogP contribution in [0.5, 0.6) is 51.7 Å². The Morgan fingerprint density at radius 3 is 1.84 bits per heavy atom. The van der Waals surface area contributed by atoms with Crippen molar-refractivity contribution >= 4 is 80.5 Å². The van der Waals surface area contributed by atoms with Crippen molar-refractivity contribution in [2.24, 2.45) is 35.3 Å². The van der Waals surface area contributed by atoms with Gasteiger partial charge in [0.1, 0.15) is 83.0 Å². The average molecular weight is 1630 g/mol. The van der Waals surface area contributed by atoms with E-state index in [0.717, 1.165) is 75.6 Å². The minimum absolute atomic E-state index is 0.0502. The van der Waals surface area contributed by atoms with E-state index in [1.165, 1.54) is 67.7 Å². The standard InChI is InChI=1S/C81H97Cl2N11O19S/c1-5-6-11-24-111-48-15-17-49(18-16-48)114(109,110)87-23-10-8-7-9-22-86-38-52-58(96)36-51-64(73(52)100)50-31-42(12-19-57(50)95)66-77(104)94-70(81(108)92-68(51)79(106)89-65-45-27-40-26-41(29-45)30-46(65)28-40)72(99)44-14-21-60(54(83)33-44)113-62-35-47-34-61(74(62)101)112-59-20-13-43(32-53(59)82)71(98)69(93-75(102)55(85-4)25-39(2)3)80(107)88-56(37-63(84)97)76(103)90-67(47)78(105)91-66/h12-21,31-36,39-41,45-46,55-56,65-72,85-87,95-96,98-101H,5-11,22-30,37-38H2,1-4H3,(H2,84,97)(H,88,107)(H,89,106)(H,90,103)(H,91,105)(H,92,108)(H,93,102)(H,94,104)/t40?,41?,45?,46?,55-,56+,65?,66-,67-,68+,69-,70+,71-,72-/m1/s1. The number of amides is 8. The number of nitrogens with one attached hydrogen (secondary N) is 10. The number of nitrogens with two attached hydrogens (primary N) is 1. The number of hydrogen-bond acceptors (Lipinski definition) is 21. The zero-order valence-corrected chi connectivity index (χ0v) is 65.7. The lowest BCUT2D eigenvalue weighted by molar-refractivity contribution is -0.138. The minimum atomic E-state index is -3.81. The highest BCUT2D eigenvalue weighted by Gasteiger charge is 2.50. The maximum Gasteiger partial charge on any atom is 0.248 e. The highest BCUT2D eigenvalue weighted by Crippen LogP contribution is 2.55. The quantitative estimate of drug-likeness (QED) is 0.0247. The second-order valence-corrected chi connectivity index (χ2v) is 33.4. The van der Waals surface area contributed by atoms with E-state index in [1.807, 2.05) is 13.8 Å². The number of ether oxygens (including phenoxy) is 3. The number of carbonyl (C=O) groups excluding carboxylic acids is 8. The first-order chi connectivity index (χ1) is 54.5. The molecule has 6 aromatic rings. The fourth-order valence-electron chi connectivity index (χ4n) is 16.5. The van der Waals surface area contributed by atoms with Crippen LogP contribution in [0, 0.1) is 29.6 Å². The Bertz CT molecular complexity index is 4740. The molecule has 4 aliphatic carbocycles. The Balaban J connectivity index is 0.923. The van der Waals surface area contributed by atoms with Crippen LogP contribution < -0.4 is 72.5 Å². The lowest BCUT2D eigenvalue weighted by Gasteiger charge is -2.54. The van der Waals surface area contributed by atoms with Crippen molar-refractivity contribution < 1.29 is 91.6 Å². The number of rotatable bonds is 25. The lowest BCUT2D eigenvalue weighted by Crippen LogP contribution is -2.59. The maximum atomic E-state index is 16.0. The number of phenolic OH excluding ortho intramolecular Hbond substituents is 4. The Hall–Kier alpha value is -9.99. The molecule has 5 aliphatic heterocycles. The molecule has 0 radical (unpaired) electrons. The van der Waals surface area contributed by atoms with Crippen LogP contribution in [0.15, 0.2) is 102 Å². The molecule has 0 unspecified atom stereocenters. The molecule has 0 aromatic heterocycles. The van der Waals surface area contributed by atoms with E-state index in [2.05, 4.69) is 59.5 Å². The van der Waals surface area contributed by atoms with E-state index in [0.29, 0.717) is 56.4 Å². The summed E-state index contributed by atoms with van der Waals surface area (Å²) >= 11 is 13.9. The summed E-state index contributed by atoms with van der Waals surface area (Å²) in [6, 6.07) is 6.80. The molecule has 9 aliphatic rings. The minimum Gasteiger partial charge on any atom is -0.507 e. The van der Waals surface area contributed by atoms with Gasteiger partial charge in [-0.15, -0.1) is 0 Å². The highest BCUT2D eigenvalue weighted by atomic mass is 35.5. The van der Waals surface area contributed by atoms with Gasteiger partial charge in [-0.2, -0.15) is 0 Å². The van der Waals surface area contributed by atoms with Crippen LogP contribution >= 0.6 is 23.2 Å². The number of aromatic hydroxyl groups is 4. The van der Waals surface area contributed by atoms with Crippen LogP contribution in [0.3, 0.4) is 0 Å². The number of likely N-dealkylation sites (N-methyl/N-ethyl adjacent to an activating group) is 1. The van der Waals surface area contributed by atoms with Crippen molar-refractivity contribution in [3.8, 4) is 62.9 Å². The number of aliphatic hydroxyl groups is 2. The zero-order chi connectivity index (χ0) is 81.6. The molecule has 5 heterocycles. The molecule has 610 valence electrons. The summed E-state index contributed by atoms with van der Waals surface area (Å²) in [5, 5.41) is 98.7.